The number of nitrogens with zero attached hydrogens (tertiary/aromatic N) is 1. The van der Waals surface area contributed by atoms with E-state index in [9.17, 15) is 0 Å². The van der Waals surface area contributed by atoms with Crippen molar-refractivity contribution in [2.75, 3.05) is 5.73 Å². The zero-order chi connectivity index (χ0) is 13.3. The molecule has 0 aliphatic heterocycles. The van der Waals surface area contributed by atoms with E-state index < -0.39 is 0 Å². The Bertz CT molecular complexity index is 607. The summed E-state index contributed by atoms with van der Waals surface area (Å²) >= 11 is 20.9. The highest BCUT2D eigenvalue weighted by molar-refractivity contribution is 9.10. The fourth-order valence-corrected chi connectivity index (χ4v) is 2.36. The van der Waals surface area contributed by atoms with Gasteiger partial charge < -0.3 is 10.5 Å². The molecule has 0 saturated carbocycles. The molecular formula is C11H6BrCl3N2O. The topological polar surface area (TPSA) is 48.1 Å². The summed E-state index contributed by atoms with van der Waals surface area (Å²) < 4.78 is 6.23. The third kappa shape index (κ3) is 3.01. The lowest BCUT2D eigenvalue weighted by molar-refractivity contribution is 0.461. The molecule has 0 spiro atoms. The first-order chi connectivity index (χ1) is 8.47. The number of anilines is 1. The van der Waals surface area contributed by atoms with Crippen LogP contribution in [0.5, 0.6) is 11.6 Å². The van der Waals surface area contributed by atoms with Gasteiger partial charge in [0.05, 0.1) is 9.50 Å². The van der Waals surface area contributed by atoms with Crippen LogP contribution in [0.2, 0.25) is 15.1 Å². The average Bonchev–Trinajstić information content (AvgIpc) is 2.29. The van der Waals surface area contributed by atoms with Crippen molar-refractivity contribution in [3.63, 3.8) is 0 Å². The number of nitrogen functional groups attached to an aromatic ring is 1. The molecule has 3 nitrogen and oxygen atoms in total. The molecule has 0 bridgehead atoms. The minimum Gasteiger partial charge on any atom is -0.436 e. The van der Waals surface area contributed by atoms with Crippen molar-refractivity contribution in [3.05, 3.63) is 43.8 Å². The lowest BCUT2D eigenvalue weighted by atomic mass is 10.3. The van der Waals surface area contributed by atoms with Crippen molar-refractivity contribution in [2.24, 2.45) is 0 Å². The highest BCUT2D eigenvalue weighted by Gasteiger charge is 2.11. The summed E-state index contributed by atoms with van der Waals surface area (Å²) in [5.41, 5.74) is 5.59. The predicted molar refractivity (Wildman–Crippen MR) is 77.9 cm³/mol. The van der Waals surface area contributed by atoms with E-state index in [-0.39, 0.29) is 21.7 Å². The van der Waals surface area contributed by atoms with Gasteiger partial charge in [-0.05, 0) is 40.2 Å². The number of hydrogen-bond acceptors (Lipinski definition) is 3. The van der Waals surface area contributed by atoms with Crippen LogP contribution >= 0.6 is 50.7 Å². The zero-order valence-electron chi connectivity index (χ0n) is 8.75. The van der Waals surface area contributed by atoms with E-state index >= 15 is 0 Å². The lowest BCUT2D eigenvalue weighted by Gasteiger charge is -2.09. The highest BCUT2D eigenvalue weighted by Crippen LogP contribution is 2.36. The second-order valence-corrected chi connectivity index (χ2v) is 5.42. The number of aromatic nitrogens is 1. The van der Waals surface area contributed by atoms with Gasteiger partial charge in [0, 0.05) is 5.02 Å². The fourth-order valence-electron chi connectivity index (χ4n) is 1.20. The molecule has 0 radical (unpaired) electrons. The number of rotatable bonds is 2. The van der Waals surface area contributed by atoms with Gasteiger partial charge in [-0.2, -0.15) is 4.98 Å². The molecule has 2 aromatic rings. The van der Waals surface area contributed by atoms with Crippen molar-refractivity contribution in [1.29, 1.82) is 0 Å². The minimum atomic E-state index is 0.154. The van der Waals surface area contributed by atoms with E-state index in [1.54, 1.807) is 18.2 Å². The fraction of sp³-hybridized carbons (Fsp3) is 0. The Morgan fingerprint density at radius 3 is 2.50 bits per heavy atom. The summed E-state index contributed by atoms with van der Waals surface area (Å²) in [5.74, 6) is 0.860. The Balaban J connectivity index is 2.37. The summed E-state index contributed by atoms with van der Waals surface area (Å²) in [7, 11) is 0. The van der Waals surface area contributed by atoms with Gasteiger partial charge in [-0.15, -0.1) is 0 Å². The Morgan fingerprint density at radius 1 is 1.11 bits per heavy atom. The molecule has 0 atom stereocenters. The van der Waals surface area contributed by atoms with Gasteiger partial charge in [0.1, 0.15) is 16.6 Å². The van der Waals surface area contributed by atoms with Crippen LogP contribution in [0.1, 0.15) is 0 Å². The largest absolute Gasteiger partial charge is 0.436 e. The minimum absolute atomic E-state index is 0.154. The molecule has 2 N–H and O–H groups in total. The summed E-state index contributed by atoms with van der Waals surface area (Å²) in [5, 5.41) is 1.14. The Morgan fingerprint density at radius 2 is 1.83 bits per heavy atom. The predicted octanol–water partition coefficient (Wildman–Crippen LogP) is 5.18. The monoisotopic (exact) mass is 366 g/mol. The molecular weight excluding hydrogens is 362 g/mol. The third-order valence-electron chi connectivity index (χ3n) is 2.03. The van der Waals surface area contributed by atoms with Crippen LogP contribution < -0.4 is 10.5 Å². The standard InChI is InChI=1S/C11H6BrCl3N2O/c12-6-3-5(13)1-2-9(6)18-11-8(15)4-7(14)10(16)17-11/h1-4H,(H2,16,17). The van der Waals surface area contributed by atoms with Crippen LogP contribution in [0.4, 0.5) is 5.82 Å². The molecule has 2 rings (SSSR count). The van der Waals surface area contributed by atoms with Crippen molar-refractivity contribution in [3.8, 4) is 11.6 Å². The highest BCUT2D eigenvalue weighted by atomic mass is 79.9. The summed E-state index contributed by atoms with van der Waals surface area (Å²) in [6.45, 7) is 0. The maximum Gasteiger partial charge on any atom is 0.240 e. The quantitative estimate of drug-likeness (QED) is 0.795. The number of benzene rings is 1. The van der Waals surface area contributed by atoms with E-state index in [4.69, 9.17) is 45.3 Å². The van der Waals surface area contributed by atoms with E-state index in [1.165, 1.54) is 6.07 Å². The van der Waals surface area contributed by atoms with Gasteiger partial charge in [-0.1, -0.05) is 34.8 Å². The first-order valence-corrected chi connectivity index (χ1v) is 6.64. The van der Waals surface area contributed by atoms with Gasteiger partial charge in [0.15, 0.2) is 0 Å². The van der Waals surface area contributed by atoms with Crippen LogP contribution in [-0.4, -0.2) is 4.98 Å². The van der Waals surface area contributed by atoms with Crippen LogP contribution in [0.15, 0.2) is 28.7 Å². The SMILES string of the molecule is Nc1nc(Oc2ccc(Cl)cc2Br)c(Cl)cc1Cl. The molecule has 0 unspecified atom stereocenters. The molecule has 0 amide bonds. The van der Waals surface area contributed by atoms with Crippen molar-refractivity contribution in [1.82, 2.24) is 4.98 Å². The molecule has 7 heteroatoms. The first kappa shape index (κ1) is 13.7. The molecule has 0 saturated heterocycles. The maximum atomic E-state index is 5.97. The van der Waals surface area contributed by atoms with Gasteiger partial charge in [0.25, 0.3) is 0 Å². The number of ether oxygens (including phenoxy) is 1. The van der Waals surface area contributed by atoms with E-state index in [0.29, 0.717) is 15.2 Å². The van der Waals surface area contributed by atoms with Crippen LogP contribution in [0, 0.1) is 0 Å². The maximum absolute atomic E-state index is 5.97. The van der Waals surface area contributed by atoms with E-state index in [0.717, 1.165) is 0 Å². The number of pyridine rings is 1. The molecule has 18 heavy (non-hydrogen) atoms. The number of halogens is 4. The molecule has 0 aliphatic rings. The smallest absolute Gasteiger partial charge is 0.240 e. The van der Waals surface area contributed by atoms with Crippen LogP contribution in [0.25, 0.3) is 0 Å². The molecule has 94 valence electrons. The van der Waals surface area contributed by atoms with E-state index in [1.807, 2.05) is 0 Å². The number of nitrogens with two attached hydrogens (primary N) is 1. The Kier molecular flexibility index (Phi) is 4.22. The zero-order valence-corrected chi connectivity index (χ0v) is 12.6. The summed E-state index contributed by atoms with van der Waals surface area (Å²) in [6.07, 6.45) is 0. The van der Waals surface area contributed by atoms with Crippen LogP contribution in [-0.2, 0) is 0 Å². The van der Waals surface area contributed by atoms with Crippen molar-refractivity contribution < 1.29 is 4.74 Å². The summed E-state index contributed by atoms with van der Waals surface area (Å²) in [4.78, 5) is 3.97. The molecule has 1 heterocycles. The Hall–Kier alpha value is -0.680. The normalized spacial score (nSPS) is 10.4. The van der Waals surface area contributed by atoms with Crippen LogP contribution in [0.3, 0.4) is 0 Å². The summed E-state index contributed by atoms with van der Waals surface area (Å²) in [6, 6.07) is 6.55. The second-order valence-electron chi connectivity index (χ2n) is 3.32. The molecule has 0 fully saturated rings. The van der Waals surface area contributed by atoms with Crippen molar-refractivity contribution >= 4 is 56.6 Å². The van der Waals surface area contributed by atoms with E-state index in [2.05, 4.69) is 20.9 Å². The van der Waals surface area contributed by atoms with Gasteiger partial charge >= 0.3 is 0 Å². The molecule has 1 aromatic heterocycles. The molecule has 1 aromatic carbocycles. The first-order valence-electron chi connectivity index (χ1n) is 4.72. The van der Waals surface area contributed by atoms with Gasteiger partial charge in [-0.25, -0.2) is 0 Å². The third-order valence-corrected chi connectivity index (χ3v) is 3.45. The second kappa shape index (κ2) is 5.53. The average molecular weight is 368 g/mol. The Labute approximate surface area is 127 Å². The lowest BCUT2D eigenvalue weighted by Crippen LogP contribution is -1.96. The van der Waals surface area contributed by atoms with Gasteiger partial charge in [0.2, 0.25) is 5.88 Å². The van der Waals surface area contributed by atoms with Crippen molar-refractivity contribution in [2.45, 2.75) is 0 Å². The number of hydrogen-bond donors (Lipinski definition) is 1. The van der Waals surface area contributed by atoms with Gasteiger partial charge in [-0.3, -0.25) is 0 Å². The molecule has 0 aliphatic carbocycles.